The number of anilines is 2. The van der Waals surface area contributed by atoms with Crippen LogP contribution in [0.2, 0.25) is 0 Å². The van der Waals surface area contributed by atoms with Crippen LogP contribution < -0.4 is 10.6 Å². The van der Waals surface area contributed by atoms with Crippen molar-refractivity contribution in [3.05, 3.63) is 34.4 Å². The molecule has 0 aliphatic heterocycles. The number of aromatic nitrogens is 2. The maximum absolute atomic E-state index is 4.43. The molecule has 2 heterocycles. The van der Waals surface area contributed by atoms with Gasteiger partial charge in [0.2, 0.25) is 0 Å². The first kappa shape index (κ1) is 11.9. The summed E-state index contributed by atoms with van der Waals surface area (Å²) in [7, 11) is 1.87. The highest BCUT2D eigenvalue weighted by atomic mass is 32.1. The number of nitrogens with one attached hydrogen (secondary N) is 2. The van der Waals surface area contributed by atoms with Gasteiger partial charge in [0.05, 0.1) is 5.01 Å². The Morgan fingerprint density at radius 1 is 1.41 bits per heavy atom. The normalized spacial score (nSPS) is 10.2. The Labute approximate surface area is 105 Å². The molecule has 0 spiro atoms. The maximum atomic E-state index is 4.43. The summed E-state index contributed by atoms with van der Waals surface area (Å²) in [6.45, 7) is 2.91. The molecule has 2 N–H and O–H groups in total. The standard InChI is InChI=1S/C12H16N4S/c1-9-8-17-12(16-9)4-6-14-10-3-5-15-11(7-10)13-2/h3,5,7-8H,4,6H2,1-2H3,(H2,13,14,15). The maximum Gasteiger partial charge on any atom is 0.127 e. The molecule has 0 unspecified atom stereocenters. The van der Waals surface area contributed by atoms with Crippen molar-refractivity contribution in [1.82, 2.24) is 9.97 Å². The second kappa shape index (κ2) is 5.63. The van der Waals surface area contributed by atoms with E-state index in [1.165, 1.54) is 5.01 Å². The lowest BCUT2D eigenvalue weighted by Crippen LogP contribution is -2.05. The number of pyridine rings is 1. The Morgan fingerprint density at radius 3 is 3.00 bits per heavy atom. The molecule has 0 saturated heterocycles. The molecule has 0 saturated carbocycles. The lowest BCUT2D eigenvalue weighted by atomic mass is 10.3. The molecule has 0 aromatic carbocycles. The molecule has 17 heavy (non-hydrogen) atoms. The molecule has 2 rings (SSSR count). The van der Waals surface area contributed by atoms with Crippen LogP contribution in [-0.4, -0.2) is 23.6 Å². The van der Waals surface area contributed by atoms with Crippen molar-refractivity contribution in [2.24, 2.45) is 0 Å². The Morgan fingerprint density at radius 2 is 2.29 bits per heavy atom. The quantitative estimate of drug-likeness (QED) is 0.853. The van der Waals surface area contributed by atoms with Crippen molar-refractivity contribution < 1.29 is 0 Å². The van der Waals surface area contributed by atoms with Crippen LogP contribution in [0.15, 0.2) is 23.7 Å². The van der Waals surface area contributed by atoms with Gasteiger partial charge in [-0.1, -0.05) is 0 Å². The number of thiazole rings is 1. The minimum absolute atomic E-state index is 0.875. The Kier molecular flexibility index (Phi) is 3.93. The number of nitrogens with zero attached hydrogens (tertiary/aromatic N) is 2. The smallest absolute Gasteiger partial charge is 0.127 e. The van der Waals surface area contributed by atoms with Gasteiger partial charge < -0.3 is 10.6 Å². The summed E-state index contributed by atoms with van der Waals surface area (Å²) in [5, 5.41) is 9.64. The van der Waals surface area contributed by atoms with Crippen molar-refractivity contribution in [2.75, 3.05) is 24.2 Å². The topological polar surface area (TPSA) is 49.8 Å². The molecule has 4 nitrogen and oxygen atoms in total. The Hall–Kier alpha value is -1.62. The van der Waals surface area contributed by atoms with Crippen LogP contribution in [0.4, 0.5) is 11.5 Å². The van der Waals surface area contributed by atoms with Crippen LogP contribution in [0.3, 0.4) is 0 Å². The summed E-state index contributed by atoms with van der Waals surface area (Å²) in [5.74, 6) is 0.875. The minimum atomic E-state index is 0.875. The molecule has 2 aromatic heterocycles. The monoisotopic (exact) mass is 248 g/mol. The summed E-state index contributed by atoms with van der Waals surface area (Å²) >= 11 is 1.72. The van der Waals surface area contributed by atoms with Crippen LogP contribution in [-0.2, 0) is 6.42 Å². The molecule has 2 aromatic rings. The van der Waals surface area contributed by atoms with Crippen LogP contribution in [0.1, 0.15) is 10.7 Å². The van der Waals surface area contributed by atoms with Gasteiger partial charge in [0.25, 0.3) is 0 Å². The average Bonchev–Trinajstić information content (AvgIpc) is 2.75. The fraction of sp³-hybridized carbons (Fsp3) is 0.333. The molecule has 0 amide bonds. The molecule has 0 aliphatic rings. The Balaban J connectivity index is 1.85. The SMILES string of the molecule is CNc1cc(NCCc2nc(C)cs2)ccn1. The van der Waals surface area contributed by atoms with Gasteiger partial charge >= 0.3 is 0 Å². The first-order valence-electron chi connectivity index (χ1n) is 5.56. The first-order valence-corrected chi connectivity index (χ1v) is 6.44. The van der Waals surface area contributed by atoms with Gasteiger partial charge in [0, 0.05) is 49.0 Å². The van der Waals surface area contributed by atoms with Crippen LogP contribution in [0.25, 0.3) is 0 Å². The van der Waals surface area contributed by atoms with E-state index in [-0.39, 0.29) is 0 Å². The molecule has 0 bridgehead atoms. The predicted molar refractivity (Wildman–Crippen MR) is 72.8 cm³/mol. The number of hydrogen-bond donors (Lipinski definition) is 2. The second-order valence-corrected chi connectivity index (χ2v) is 4.68. The lowest BCUT2D eigenvalue weighted by Gasteiger charge is -2.06. The van der Waals surface area contributed by atoms with E-state index in [1.54, 1.807) is 17.5 Å². The van der Waals surface area contributed by atoms with Crippen molar-refractivity contribution in [3.63, 3.8) is 0 Å². The van der Waals surface area contributed by atoms with E-state index in [4.69, 9.17) is 0 Å². The van der Waals surface area contributed by atoms with E-state index in [9.17, 15) is 0 Å². The summed E-state index contributed by atoms with van der Waals surface area (Å²) in [6, 6.07) is 3.96. The lowest BCUT2D eigenvalue weighted by molar-refractivity contribution is 0.986. The van der Waals surface area contributed by atoms with Gasteiger partial charge in [-0.15, -0.1) is 11.3 Å². The fourth-order valence-electron chi connectivity index (χ4n) is 1.51. The number of hydrogen-bond acceptors (Lipinski definition) is 5. The highest BCUT2D eigenvalue weighted by Gasteiger charge is 1.99. The van der Waals surface area contributed by atoms with Gasteiger partial charge in [-0.3, -0.25) is 0 Å². The van der Waals surface area contributed by atoms with Crippen LogP contribution in [0.5, 0.6) is 0 Å². The zero-order valence-corrected chi connectivity index (χ0v) is 10.8. The first-order chi connectivity index (χ1) is 8.28. The van der Waals surface area contributed by atoms with Crippen molar-refractivity contribution in [1.29, 1.82) is 0 Å². The van der Waals surface area contributed by atoms with E-state index in [0.717, 1.165) is 30.2 Å². The number of rotatable bonds is 5. The zero-order chi connectivity index (χ0) is 12.1. The molecule has 0 aliphatic carbocycles. The van der Waals surface area contributed by atoms with Gasteiger partial charge in [-0.05, 0) is 13.0 Å². The molecular formula is C12H16N4S. The molecule has 0 radical (unpaired) electrons. The number of aryl methyl sites for hydroxylation is 1. The molecule has 0 fully saturated rings. The van der Waals surface area contributed by atoms with Crippen molar-refractivity contribution >= 4 is 22.8 Å². The third-order valence-corrected chi connectivity index (χ3v) is 3.38. The van der Waals surface area contributed by atoms with Gasteiger partial charge in [0.15, 0.2) is 0 Å². The third kappa shape index (κ3) is 3.42. The van der Waals surface area contributed by atoms with Crippen molar-refractivity contribution in [2.45, 2.75) is 13.3 Å². The molecule has 90 valence electrons. The summed E-state index contributed by atoms with van der Waals surface area (Å²) in [4.78, 5) is 8.60. The summed E-state index contributed by atoms with van der Waals surface area (Å²) in [6.07, 6.45) is 2.75. The van der Waals surface area contributed by atoms with Gasteiger partial charge in [0.1, 0.15) is 5.82 Å². The van der Waals surface area contributed by atoms with Crippen LogP contribution in [0, 0.1) is 6.92 Å². The highest BCUT2D eigenvalue weighted by molar-refractivity contribution is 7.09. The van der Waals surface area contributed by atoms with Crippen molar-refractivity contribution in [3.8, 4) is 0 Å². The van der Waals surface area contributed by atoms with E-state index in [2.05, 4.69) is 26.0 Å². The predicted octanol–water partition coefficient (Wildman–Crippen LogP) is 2.54. The van der Waals surface area contributed by atoms with Crippen LogP contribution >= 0.6 is 11.3 Å². The molecule has 5 heteroatoms. The van der Waals surface area contributed by atoms with Gasteiger partial charge in [-0.2, -0.15) is 0 Å². The second-order valence-electron chi connectivity index (χ2n) is 3.74. The van der Waals surface area contributed by atoms with E-state index in [1.807, 2.05) is 26.1 Å². The molecular weight excluding hydrogens is 232 g/mol. The van der Waals surface area contributed by atoms with Gasteiger partial charge in [-0.25, -0.2) is 9.97 Å². The van der Waals surface area contributed by atoms with E-state index >= 15 is 0 Å². The van der Waals surface area contributed by atoms with E-state index in [0.29, 0.717) is 0 Å². The van der Waals surface area contributed by atoms with E-state index < -0.39 is 0 Å². The Bertz CT molecular complexity index is 481. The summed E-state index contributed by atoms with van der Waals surface area (Å²) < 4.78 is 0. The minimum Gasteiger partial charge on any atom is -0.384 e. The zero-order valence-electron chi connectivity index (χ0n) is 10.0. The largest absolute Gasteiger partial charge is 0.384 e. The fourth-order valence-corrected chi connectivity index (χ4v) is 2.28. The average molecular weight is 248 g/mol. The molecule has 0 atom stereocenters. The third-order valence-electron chi connectivity index (χ3n) is 2.35. The highest BCUT2D eigenvalue weighted by Crippen LogP contribution is 2.12. The summed E-state index contributed by atoms with van der Waals surface area (Å²) in [5.41, 5.74) is 2.18.